The number of fused-ring (bicyclic) bond motifs is 7. The fourth-order valence-electron chi connectivity index (χ4n) is 9.37. The van der Waals surface area contributed by atoms with Gasteiger partial charge in [-0.1, -0.05) is 208 Å². The lowest BCUT2D eigenvalue weighted by Gasteiger charge is -2.22. The molecular formula is C61H48N2. The number of anilines is 1. The highest BCUT2D eigenvalue weighted by Gasteiger charge is 2.35. The van der Waals surface area contributed by atoms with E-state index in [2.05, 4.69) is 219 Å². The van der Waals surface area contributed by atoms with Crippen LogP contribution in [0.25, 0.3) is 82.8 Å². The fraction of sp³-hybridized carbons (Fsp3) is 0.0492. The summed E-state index contributed by atoms with van der Waals surface area (Å²) in [5, 5.41) is 5.11. The van der Waals surface area contributed by atoms with Gasteiger partial charge in [-0.05, 0) is 115 Å². The lowest BCUT2D eigenvalue weighted by molar-refractivity contribution is 0.661. The minimum Gasteiger partial charge on any atom is -0.399 e. The van der Waals surface area contributed by atoms with E-state index in [1.54, 1.807) is 0 Å². The topological polar surface area (TPSA) is 30.9 Å². The summed E-state index contributed by atoms with van der Waals surface area (Å²) in [5.41, 5.74) is 23.4. The first-order valence-corrected chi connectivity index (χ1v) is 21.7. The number of hydrogen-bond donors (Lipinski definition) is 1. The van der Waals surface area contributed by atoms with Gasteiger partial charge in [0, 0.05) is 27.6 Å². The van der Waals surface area contributed by atoms with Crippen molar-refractivity contribution in [3.05, 3.63) is 254 Å². The Labute approximate surface area is 370 Å². The molecule has 0 unspecified atom stereocenters. The Bertz CT molecular complexity index is 3320. The average Bonchev–Trinajstić information content (AvgIpc) is 3.80. The Balaban J connectivity index is 0.000000143. The number of rotatable bonds is 4. The minimum atomic E-state index is -0.00909. The summed E-state index contributed by atoms with van der Waals surface area (Å²) in [6, 6.07) is 85.8. The molecule has 1 heterocycles. The van der Waals surface area contributed by atoms with Crippen molar-refractivity contribution in [2.45, 2.75) is 19.3 Å². The molecule has 0 saturated carbocycles. The molecular weight excluding hydrogens is 761 g/mol. The van der Waals surface area contributed by atoms with Crippen LogP contribution in [0, 0.1) is 0 Å². The van der Waals surface area contributed by atoms with E-state index in [9.17, 15) is 0 Å². The number of aromatic nitrogens is 1. The first-order valence-electron chi connectivity index (χ1n) is 21.7. The molecule has 2 heteroatoms. The third-order valence-electron chi connectivity index (χ3n) is 12.5. The van der Waals surface area contributed by atoms with Gasteiger partial charge in [-0.3, -0.25) is 0 Å². The monoisotopic (exact) mass is 808 g/mol. The summed E-state index contributed by atoms with van der Waals surface area (Å²) in [6.07, 6.45) is 0. The third kappa shape index (κ3) is 7.47. The maximum Gasteiger partial charge on any atom is 0.0541 e. The molecule has 1 aromatic heterocycles. The molecule has 1 aliphatic carbocycles. The highest BCUT2D eigenvalue weighted by molar-refractivity contribution is 6.12. The predicted octanol–water partition coefficient (Wildman–Crippen LogP) is 16.2. The molecule has 11 aromatic rings. The molecule has 0 saturated heterocycles. The summed E-state index contributed by atoms with van der Waals surface area (Å²) in [7, 11) is 0. The summed E-state index contributed by atoms with van der Waals surface area (Å²) in [4.78, 5) is 0. The molecule has 0 aliphatic heterocycles. The number of hydrogen-bond acceptors (Lipinski definition) is 1. The van der Waals surface area contributed by atoms with Crippen molar-refractivity contribution in [3.8, 4) is 50.2 Å². The Morgan fingerprint density at radius 2 is 0.762 bits per heavy atom. The summed E-state index contributed by atoms with van der Waals surface area (Å²) in [5.74, 6) is 0. The van der Waals surface area contributed by atoms with E-state index in [-0.39, 0.29) is 5.41 Å². The fourth-order valence-corrected chi connectivity index (χ4v) is 9.37. The average molecular weight is 809 g/mol. The van der Waals surface area contributed by atoms with Gasteiger partial charge in [-0.25, -0.2) is 0 Å². The highest BCUT2D eigenvalue weighted by Crippen LogP contribution is 2.50. The van der Waals surface area contributed by atoms with Crippen molar-refractivity contribution < 1.29 is 0 Å². The predicted molar refractivity (Wildman–Crippen MR) is 269 cm³/mol. The molecule has 1 aliphatic rings. The van der Waals surface area contributed by atoms with Crippen molar-refractivity contribution >= 4 is 38.3 Å². The second-order valence-corrected chi connectivity index (χ2v) is 16.7. The molecule has 0 atom stereocenters. The van der Waals surface area contributed by atoms with Crippen molar-refractivity contribution in [1.29, 1.82) is 0 Å². The molecule has 0 amide bonds. The van der Waals surface area contributed by atoms with Gasteiger partial charge in [0.2, 0.25) is 0 Å². The number of nitrogens with zero attached hydrogens (tertiary/aromatic N) is 1. The molecule has 0 bridgehead atoms. The van der Waals surface area contributed by atoms with E-state index in [1.165, 1.54) is 93.9 Å². The first kappa shape index (κ1) is 39.2. The van der Waals surface area contributed by atoms with Gasteiger partial charge in [0.05, 0.1) is 11.0 Å². The Morgan fingerprint density at radius 1 is 0.317 bits per heavy atom. The molecule has 12 rings (SSSR count). The highest BCUT2D eigenvalue weighted by atomic mass is 15.0. The van der Waals surface area contributed by atoms with Crippen LogP contribution in [-0.2, 0) is 5.41 Å². The summed E-state index contributed by atoms with van der Waals surface area (Å²) in [6.45, 7) is 4.57. The molecule has 302 valence electrons. The second kappa shape index (κ2) is 16.8. The van der Waals surface area contributed by atoms with Gasteiger partial charge in [0.15, 0.2) is 0 Å². The molecule has 0 radical (unpaired) electrons. The van der Waals surface area contributed by atoms with Crippen molar-refractivity contribution in [3.63, 3.8) is 0 Å². The van der Waals surface area contributed by atoms with Crippen molar-refractivity contribution in [1.82, 2.24) is 4.57 Å². The van der Waals surface area contributed by atoms with Crippen molar-refractivity contribution in [2.24, 2.45) is 0 Å². The second-order valence-electron chi connectivity index (χ2n) is 16.7. The maximum atomic E-state index is 6.01. The third-order valence-corrected chi connectivity index (χ3v) is 12.5. The van der Waals surface area contributed by atoms with E-state index in [4.69, 9.17) is 5.73 Å². The summed E-state index contributed by atoms with van der Waals surface area (Å²) < 4.78 is 2.37. The van der Waals surface area contributed by atoms with Crippen LogP contribution in [0.5, 0.6) is 0 Å². The molecule has 2 N–H and O–H groups in total. The van der Waals surface area contributed by atoms with Crippen LogP contribution in [0.1, 0.15) is 25.0 Å². The number of nitrogen functional groups attached to an aromatic ring is 1. The first-order chi connectivity index (χ1) is 31.0. The van der Waals surface area contributed by atoms with Gasteiger partial charge in [-0.2, -0.15) is 0 Å². The zero-order valence-corrected chi connectivity index (χ0v) is 35.6. The van der Waals surface area contributed by atoms with Crippen LogP contribution < -0.4 is 5.73 Å². The molecule has 0 fully saturated rings. The Morgan fingerprint density at radius 3 is 1.40 bits per heavy atom. The quantitative estimate of drug-likeness (QED) is 0.176. The van der Waals surface area contributed by atoms with Crippen LogP contribution in [-0.4, -0.2) is 4.57 Å². The van der Waals surface area contributed by atoms with E-state index in [0.717, 1.165) is 5.69 Å². The van der Waals surface area contributed by atoms with E-state index in [1.807, 2.05) is 42.5 Å². The van der Waals surface area contributed by atoms with Crippen LogP contribution in [0.2, 0.25) is 0 Å². The van der Waals surface area contributed by atoms with Crippen LogP contribution in [0.15, 0.2) is 243 Å². The molecule has 10 aromatic carbocycles. The summed E-state index contributed by atoms with van der Waals surface area (Å²) >= 11 is 0. The largest absolute Gasteiger partial charge is 0.399 e. The van der Waals surface area contributed by atoms with Crippen LogP contribution in [0.4, 0.5) is 5.69 Å². The maximum absolute atomic E-state index is 6.01. The zero-order chi connectivity index (χ0) is 42.8. The Kier molecular flexibility index (Phi) is 10.5. The normalized spacial score (nSPS) is 12.2. The van der Waals surface area contributed by atoms with E-state index < -0.39 is 0 Å². The number of para-hydroxylation sites is 2. The van der Waals surface area contributed by atoms with Crippen molar-refractivity contribution in [2.75, 3.05) is 5.73 Å². The smallest absolute Gasteiger partial charge is 0.0541 e. The zero-order valence-electron chi connectivity index (χ0n) is 35.6. The van der Waals surface area contributed by atoms with Gasteiger partial charge in [0.25, 0.3) is 0 Å². The lowest BCUT2D eigenvalue weighted by atomic mass is 9.81. The Hall–Kier alpha value is -7.94. The molecule has 63 heavy (non-hydrogen) atoms. The van der Waals surface area contributed by atoms with Gasteiger partial charge >= 0.3 is 0 Å². The lowest BCUT2D eigenvalue weighted by Crippen LogP contribution is -2.15. The van der Waals surface area contributed by atoms with Crippen LogP contribution >= 0.6 is 0 Å². The van der Waals surface area contributed by atoms with Gasteiger partial charge in [-0.15, -0.1) is 0 Å². The van der Waals surface area contributed by atoms with E-state index >= 15 is 0 Å². The van der Waals surface area contributed by atoms with Gasteiger partial charge < -0.3 is 10.3 Å². The number of benzene rings is 10. The molecule has 2 nitrogen and oxygen atoms in total. The minimum absolute atomic E-state index is 0.00909. The number of nitrogens with two attached hydrogens (primary N) is 1. The van der Waals surface area contributed by atoms with Crippen LogP contribution in [0.3, 0.4) is 0 Å². The standard InChI is InChI=1S/C34H23N.C21H19N.C6H6/c1-3-11-24(12-4-1)27-20-21-28(30-16-8-7-15-29(27)30)25-19-22-34-32(23-25)31-17-9-10-18-33(31)35(34)26-13-5-2-6-14-26;1-21(2)19-12-15(14-6-4-3-5-7-14)8-10-17(19)18-11-9-16(22)13-20(18)21;1-2-4-6-5-3-1/h1-23H;3-13H,22H2,1-2H3;1-6H. The van der Waals surface area contributed by atoms with Gasteiger partial charge in [0.1, 0.15) is 0 Å². The molecule has 0 spiro atoms. The van der Waals surface area contributed by atoms with E-state index in [0.29, 0.717) is 0 Å². The SMILES string of the molecule is CC1(C)c2cc(N)ccc2-c2ccc(-c3ccccc3)cc21.c1ccc(-c2ccc(-c3ccc4c(c3)c3ccccc3n4-c3ccccc3)c3ccccc23)cc1.c1ccccc1.